The summed E-state index contributed by atoms with van der Waals surface area (Å²) in [7, 11) is 0. The maximum Gasteiger partial charge on any atom is 0.278 e. The van der Waals surface area contributed by atoms with Crippen LogP contribution >= 0.6 is 11.3 Å². The molecule has 0 radical (unpaired) electrons. The molecule has 0 saturated heterocycles. The second kappa shape index (κ2) is 7.09. The van der Waals surface area contributed by atoms with Gasteiger partial charge in [-0.3, -0.25) is 4.79 Å². The Hall–Kier alpha value is -3.31. The molecule has 1 atom stereocenters. The van der Waals surface area contributed by atoms with E-state index in [1.165, 1.54) is 15.8 Å². The molecule has 0 spiro atoms. The first-order chi connectivity index (χ1) is 15.8. The number of rotatable bonds is 2. The lowest BCUT2D eigenvalue weighted by atomic mass is 9.80. The fraction of sp³-hybridized carbons (Fsp3) is 0.250. The monoisotopic (exact) mass is 451 g/mol. The summed E-state index contributed by atoms with van der Waals surface area (Å²) in [5.74, 6) is 0.412. The van der Waals surface area contributed by atoms with Gasteiger partial charge >= 0.3 is 0 Å². The predicted molar refractivity (Wildman–Crippen MR) is 137 cm³/mol. The number of thiazole rings is 1. The molecule has 5 heteroatoms. The zero-order valence-corrected chi connectivity index (χ0v) is 20.0. The summed E-state index contributed by atoms with van der Waals surface area (Å²) in [6.07, 6.45) is 0.943. The van der Waals surface area contributed by atoms with E-state index in [2.05, 4.69) is 52.0 Å². The van der Waals surface area contributed by atoms with Crippen LogP contribution in [0.1, 0.15) is 49.8 Å². The first-order valence-electron chi connectivity index (χ1n) is 11.4. The Morgan fingerprint density at radius 2 is 1.88 bits per heavy atom. The molecule has 0 unspecified atom stereocenters. The van der Waals surface area contributed by atoms with Gasteiger partial charge in [0.15, 0.2) is 0 Å². The molecule has 164 valence electrons. The molecule has 6 rings (SSSR count). The van der Waals surface area contributed by atoms with Gasteiger partial charge in [-0.05, 0) is 80.6 Å². The van der Waals surface area contributed by atoms with Gasteiger partial charge in [0, 0.05) is 16.7 Å². The van der Waals surface area contributed by atoms with Gasteiger partial charge in [0.1, 0.15) is 10.7 Å². The van der Waals surface area contributed by atoms with Crippen LogP contribution in [0.25, 0.3) is 20.8 Å². The number of benzene rings is 3. The van der Waals surface area contributed by atoms with E-state index in [1.54, 1.807) is 11.3 Å². The summed E-state index contributed by atoms with van der Waals surface area (Å²) < 4.78 is 1.20. The first kappa shape index (κ1) is 20.3. The number of aryl methyl sites for hydroxylation is 1. The molecule has 0 aliphatic carbocycles. The third-order valence-corrected chi connectivity index (χ3v) is 7.86. The van der Waals surface area contributed by atoms with Crippen molar-refractivity contribution in [1.29, 1.82) is 0 Å². The van der Waals surface area contributed by atoms with Crippen LogP contribution in [0.15, 0.2) is 65.7 Å². The van der Waals surface area contributed by atoms with Gasteiger partial charge in [0.2, 0.25) is 0 Å². The minimum absolute atomic E-state index is 0.0000283. The molecule has 1 amide bonds. The van der Waals surface area contributed by atoms with Crippen molar-refractivity contribution in [2.45, 2.75) is 45.6 Å². The second-order valence-corrected chi connectivity index (χ2v) is 10.8. The second-order valence-electron chi connectivity index (χ2n) is 9.80. The van der Waals surface area contributed by atoms with E-state index in [-0.39, 0.29) is 11.4 Å². The van der Waals surface area contributed by atoms with Crippen molar-refractivity contribution in [2.24, 2.45) is 4.99 Å². The summed E-state index contributed by atoms with van der Waals surface area (Å²) in [6, 6.07) is 20.6. The summed E-state index contributed by atoms with van der Waals surface area (Å²) >= 11 is 1.70. The average Bonchev–Trinajstić information content (AvgIpc) is 3.32. The maximum atomic E-state index is 13.5. The number of hydrogen-bond donors (Lipinski definition) is 0. The van der Waals surface area contributed by atoms with Crippen LogP contribution in [-0.4, -0.2) is 22.1 Å². The van der Waals surface area contributed by atoms with Gasteiger partial charge in [0.05, 0.1) is 21.6 Å². The number of hydrogen-bond acceptors (Lipinski definition) is 4. The zero-order valence-electron chi connectivity index (χ0n) is 19.2. The van der Waals surface area contributed by atoms with E-state index >= 15 is 0 Å². The van der Waals surface area contributed by atoms with Crippen molar-refractivity contribution in [3.63, 3.8) is 0 Å². The van der Waals surface area contributed by atoms with Crippen molar-refractivity contribution in [3.8, 4) is 10.6 Å². The summed E-state index contributed by atoms with van der Waals surface area (Å²) in [6.45, 7) is 8.65. The normalized spacial score (nSPS) is 20.0. The SMILES string of the molecule is Cc1ccc2nc(-c3ccc(N=C4C(=O)N5c6c4cccc6[C@@H](C)CC5(C)C)cc3)sc2c1. The molecule has 0 N–H and O–H groups in total. The molecule has 3 heterocycles. The zero-order chi connectivity index (χ0) is 22.9. The molecule has 0 saturated carbocycles. The van der Waals surface area contributed by atoms with Crippen LogP contribution in [0.3, 0.4) is 0 Å². The van der Waals surface area contributed by atoms with Crippen molar-refractivity contribution in [2.75, 3.05) is 4.90 Å². The molecule has 2 aliphatic rings. The largest absolute Gasteiger partial charge is 0.300 e. The lowest BCUT2D eigenvalue weighted by Crippen LogP contribution is -2.50. The standard InChI is InChI=1S/C28H25N3OS/c1-16-8-13-22-23(14-16)33-26(30-22)18-9-11-19(12-10-18)29-24-21-7-5-6-20-17(2)15-28(3,4)31(25(20)21)27(24)32/h5-14,17H,15H2,1-4H3/t17-/m0/s1. The van der Waals surface area contributed by atoms with E-state index in [9.17, 15) is 4.79 Å². The van der Waals surface area contributed by atoms with Crippen LogP contribution < -0.4 is 4.90 Å². The van der Waals surface area contributed by atoms with E-state index in [0.29, 0.717) is 11.6 Å². The Kier molecular flexibility index (Phi) is 4.36. The number of aliphatic imine (C=N–C) groups is 1. The molecule has 0 fully saturated rings. The molecule has 4 nitrogen and oxygen atoms in total. The van der Waals surface area contributed by atoms with Gasteiger partial charge in [-0.25, -0.2) is 9.98 Å². The van der Waals surface area contributed by atoms with Crippen molar-refractivity contribution in [3.05, 3.63) is 77.4 Å². The number of aromatic nitrogens is 1. The minimum Gasteiger partial charge on any atom is -0.300 e. The smallest absolute Gasteiger partial charge is 0.278 e. The third-order valence-electron chi connectivity index (χ3n) is 6.79. The van der Waals surface area contributed by atoms with Crippen LogP contribution in [0.2, 0.25) is 0 Å². The maximum absolute atomic E-state index is 13.5. The van der Waals surface area contributed by atoms with Crippen molar-refractivity contribution in [1.82, 2.24) is 4.98 Å². The fourth-order valence-electron chi connectivity index (χ4n) is 5.32. The Morgan fingerprint density at radius 1 is 1.09 bits per heavy atom. The Balaban J connectivity index is 1.39. The summed E-state index contributed by atoms with van der Waals surface area (Å²) in [4.78, 5) is 25.1. The lowest BCUT2D eigenvalue weighted by molar-refractivity contribution is -0.113. The van der Waals surface area contributed by atoms with E-state index in [0.717, 1.165) is 39.4 Å². The molecule has 33 heavy (non-hydrogen) atoms. The summed E-state index contributed by atoms with van der Waals surface area (Å²) in [5.41, 5.74) is 7.65. The molecule has 3 aromatic carbocycles. The molecule has 4 aromatic rings. The highest BCUT2D eigenvalue weighted by Crippen LogP contribution is 2.48. The number of carbonyl (C=O) groups excluding carboxylic acids is 1. The van der Waals surface area contributed by atoms with Crippen LogP contribution in [-0.2, 0) is 4.79 Å². The third kappa shape index (κ3) is 3.14. The van der Waals surface area contributed by atoms with Crippen LogP contribution in [0, 0.1) is 6.92 Å². The summed E-state index contributed by atoms with van der Waals surface area (Å²) in [5, 5.41) is 0.995. The number of fused-ring (bicyclic) bond motifs is 1. The van der Waals surface area contributed by atoms with Crippen LogP contribution in [0.4, 0.5) is 11.4 Å². The number of anilines is 1. The van der Waals surface area contributed by atoms with E-state index in [1.807, 2.05) is 41.3 Å². The number of nitrogens with zero attached hydrogens (tertiary/aromatic N) is 3. The molecular formula is C28H25N3OS. The number of amides is 1. The van der Waals surface area contributed by atoms with Crippen molar-refractivity contribution >= 4 is 44.5 Å². The lowest BCUT2D eigenvalue weighted by Gasteiger charge is -2.43. The van der Waals surface area contributed by atoms with Gasteiger partial charge in [-0.15, -0.1) is 11.3 Å². The van der Waals surface area contributed by atoms with E-state index < -0.39 is 0 Å². The van der Waals surface area contributed by atoms with E-state index in [4.69, 9.17) is 9.98 Å². The molecule has 0 bridgehead atoms. The van der Waals surface area contributed by atoms with Gasteiger partial charge in [-0.2, -0.15) is 0 Å². The van der Waals surface area contributed by atoms with Gasteiger partial charge in [-0.1, -0.05) is 31.2 Å². The van der Waals surface area contributed by atoms with Crippen molar-refractivity contribution < 1.29 is 4.79 Å². The highest BCUT2D eigenvalue weighted by Gasteiger charge is 2.47. The number of para-hydroxylation sites is 1. The quantitative estimate of drug-likeness (QED) is 0.329. The predicted octanol–water partition coefficient (Wildman–Crippen LogP) is 7.02. The molecular weight excluding hydrogens is 426 g/mol. The Labute approximate surface area is 197 Å². The Bertz CT molecular complexity index is 1460. The number of carbonyl (C=O) groups is 1. The fourth-order valence-corrected chi connectivity index (χ4v) is 6.39. The molecule has 2 aliphatic heterocycles. The topological polar surface area (TPSA) is 45.6 Å². The highest BCUT2D eigenvalue weighted by atomic mass is 32.1. The minimum atomic E-state index is -0.230. The first-order valence-corrected chi connectivity index (χ1v) is 12.2. The van der Waals surface area contributed by atoms with Gasteiger partial charge < -0.3 is 4.90 Å². The van der Waals surface area contributed by atoms with Crippen LogP contribution in [0.5, 0.6) is 0 Å². The highest BCUT2D eigenvalue weighted by molar-refractivity contribution is 7.21. The van der Waals surface area contributed by atoms with Gasteiger partial charge in [0.25, 0.3) is 5.91 Å². The Morgan fingerprint density at radius 3 is 2.67 bits per heavy atom. The molecule has 1 aromatic heterocycles. The average molecular weight is 452 g/mol.